The number of nitrogen functional groups attached to an aromatic ring is 1. The highest BCUT2D eigenvalue weighted by Gasteiger charge is 2.29. The van der Waals surface area contributed by atoms with Gasteiger partial charge in [-0.25, -0.2) is 4.98 Å². The number of aliphatic hydroxyl groups is 1. The molecule has 5 heteroatoms. The van der Waals surface area contributed by atoms with Crippen LogP contribution < -0.4 is 5.73 Å². The molecule has 1 aromatic carbocycles. The number of aromatic nitrogens is 1. The molecule has 2 unspecified atom stereocenters. The number of likely N-dealkylation sites (tertiary alicyclic amines) is 1. The van der Waals surface area contributed by atoms with Crippen LogP contribution in [0.1, 0.15) is 30.5 Å². The van der Waals surface area contributed by atoms with Crippen molar-refractivity contribution in [3.05, 3.63) is 58.9 Å². The van der Waals surface area contributed by atoms with E-state index in [1.54, 1.807) is 12.3 Å². The largest absolute Gasteiger partial charge is 0.397 e. The summed E-state index contributed by atoms with van der Waals surface area (Å²) >= 11 is 5.97. The molecule has 0 spiro atoms. The molecule has 1 aliphatic rings. The molecule has 1 fully saturated rings. The second kappa shape index (κ2) is 9.05. The van der Waals surface area contributed by atoms with Crippen LogP contribution in [0.2, 0.25) is 5.02 Å². The molecule has 0 amide bonds. The van der Waals surface area contributed by atoms with Crippen LogP contribution in [0.15, 0.2) is 42.6 Å². The number of halogens is 1. The van der Waals surface area contributed by atoms with Crippen LogP contribution in [0.5, 0.6) is 0 Å². The molecular weight excluding hydrogens is 346 g/mol. The maximum atomic E-state index is 10.5. The van der Waals surface area contributed by atoms with E-state index < -0.39 is 0 Å². The number of benzene rings is 1. The van der Waals surface area contributed by atoms with Gasteiger partial charge in [-0.1, -0.05) is 29.7 Å². The van der Waals surface area contributed by atoms with E-state index in [-0.39, 0.29) is 12.1 Å². The minimum absolute atomic E-state index is 0.126. The molecule has 136 valence electrons. The van der Waals surface area contributed by atoms with Gasteiger partial charge in [0, 0.05) is 24.0 Å². The minimum Gasteiger partial charge on any atom is -0.397 e. The second-order valence-electron chi connectivity index (χ2n) is 6.67. The SMILES string of the molecule is Nc1ccc(C#CCCN2CCCC(O)C2Cc2ccc(Cl)cc2)nc1. The Balaban J connectivity index is 1.59. The zero-order valence-corrected chi connectivity index (χ0v) is 15.5. The number of nitrogens with two attached hydrogens (primary N) is 1. The van der Waals surface area contributed by atoms with Crippen molar-refractivity contribution in [1.82, 2.24) is 9.88 Å². The Morgan fingerprint density at radius 2 is 2.04 bits per heavy atom. The number of hydrogen-bond donors (Lipinski definition) is 2. The molecule has 1 saturated heterocycles. The number of aliphatic hydroxyl groups excluding tert-OH is 1. The van der Waals surface area contributed by atoms with Gasteiger partial charge in [0.25, 0.3) is 0 Å². The smallest absolute Gasteiger partial charge is 0.113 e. The van der Waals surface area contributed by atoms with Gasteiger partial charge in [0.2, 0.25) is 0 Å². The van der Waals surface area contributed by atoms with Crippen molar-refractivity contribution in [3.8, 4) is 11.8 Å². The van der Waals surface area contributed by atoms with E-state index in [9.17, 15) is 5.11 Å². The number of hydrogen-bond acceptors (Lipinski definition) is 4. The van der Waals surface area contributed by atoms with Gasteiger partial charge >= 0.3 is 0 Å². The summed E-state index contributed by atoms with van der Waals surface area (Å²) < 4.78 is 0. The Kier molecular flexibility index (Phi) is 6.51. The van der Waals surface area contributed by atoms with Crippen LogP contribution >= 0.6 is 11.6 Å². The summed E-state index contributed by atoms with van der Waals surface area (Å²) in [5, 5.41) is 11.2. The molecule has 0 radical (unpaired) electrons. The summed E-state index contributed by atoms with van der Waals surface area (Å²) in [6.07, 6.45) is 4.76. The summed E-state index contributed by atoms with van der Waals surface area (Å²) in [5.41, 5.74) is 8.20. The van der Waals surface area contributed by atoms with Gasteiger partial charge in [-0.05, 0) is 61.6 Å². The first-order valence-corrected chi connectivity index (χ1v) is 9.36. The minimum atomic E-state index is -0.300. The summed E-state index contributed by atoms with van der Waals surface area (Å²) in [6, 6.07) is 11.6. The highest BCUT2D eigenvalue weighted by atomic mass is 35.5. The third-order valence-electron chi connectivity index (χ3n) is 4.74. The van der Waals surface area contributed by atoms with Crippen molar-refractivity contribution in [2.45, 2.75) is 37.8 Å². The zero-order valence-electron chi connectivity index (χ0n) is 14.7. The average molecular weight is 370 g/mol. The van der Waals surface area contributed by atoms with Gasteiger partial charge in [0.1, 0.15) is 5.69 Å². The molecule has 0 aliphatic carbocycles. The summed E-state index contributed by atoms with van der Waals surface area (Å²) in [5.74, 6) is 6.25. The Hall–Kier alpha value is -2.06. The quantitative estimate of drug-likeness (QED) is 0.813. The number of rotatable bonds is 4. The average Bonchev–Trinajstić information content (AvgIpc) is 2.64. The van der Waals surface area contributed by atoms with Crippen molar-refractivity contribution < 1.29 is 5.11 Å². The third kappa shape index (κ3) is 5.22. The topological polar surface area (TPSA) is 62.4 Å². The van der Waals surface area contributed by atoms with E-state index in [1.807, 2.05) is 30.3 Å². The summed E-state index contributed by atoms with van der Waals surface area (Å²) in [6.45, 7) is 1.84. The number of piperidine rings is 1. The lowest BCUT2D eigenvalue weighted by molar-refractivity contribution is 0.0123. The normalized spacial score (nSPS) is 20.4. The van der Waals surface area contributed by atoms with Crippen LogP contribution in [-0.4, -0.2) is 40.2 Å². The summed E-state index contributed by atoms with van der Waals surface area (Å²) in [4.78, 5) is 6.54. The highest BCUT2D eigenvalue weighted by Crippen LogP contribution is 2.22. The lowest BCUT2D eigenvalue weighted by Gasteiger charge is -2.39. The highest BCUT2D eigenvalue weighted by molar-refractivity contribution is 6.30. The third-order valence-corrected chi connectivity index (χ3v) is 5.00. The molecule has 3 N–H and O–H groups in total. The summed E-state index contributed by atoms with van der Waals surface area (Å²) in [7, 11) is 0. The van der Waals surface area contributed by atoms with Crippen molar-refractivity contribution in [1.29, 1.82) is 0 Å². The molecule has 0 saturated carbocycles. The number of nitrogens with zero attached hydrogens (tertiary/aromatic N) is 2. The van der Waals surface area contributed by atoms with Crippen molar-refractivity contribution in [2.75, 3.05) is 18.8 Å². The molecule has 26 heavy (non-hydrogen) atoms. The van der Waals surface area contributed by atoms with Crippen LogP contribution in [-0.2, 0) is 6.42 Å². The van der Waals surface area contributed by atoms with Gasteiger partial charge in [0.15, 0.2) is 0 Å². The Bertz CT molecular complexity index is 765. The Morgan fingerprint density at radius 1 is 1.23 bits per heavy atom. The van der Waals surface area contributed by atoms with Crippen molar-refractivity contribution >= 4 is 17.3 Å². The predicted octanol–water partition coefficient (Wildman–Crippen LogP) is 3.13. The van der Waals surface area contributed by atoms with E-state index in [0.29, 0.717) is 5.69 Å². The van der Waals surface area contributed by atoms with Crippen molar-refractivity contribution in [3.63, 3.8) is 0 Å². The molecule has 2 atom stereocenters. The first kappa shape index (κ1) is 18.7. The van der Waals surface area contributed by atoms with Gasteiger partial charge in [-0.2, -0.15) is 0 Å². The van der Waals surface area contributed by atoms with Crippen LogP contribution in [0.4, 0.5) is 5.69 Å². The van der Waals surface area contributed by atoms with Crippen molar-refractivity contribution in [2.24, 2.45) is 0 Å². The van der Waals surface area contributed by atoms with Crippen LogP contribution in [0.25, 0.3) is 0 Å². The molecule has 0 bridgehead atoms. The lowest BCUT2D eigenvalue weighted by atomic mass is 9.93. The van der Waals surface area contributed by atoms with E-state index >= 15 is 0 Å². The van der Waals surface area contributed by atoms with Crippen LogP contribution in [0.3, 0.4) is 0 Å². The van der Waals surface area contributed by atoms with Gasteiger partial charge in [-0.15, -0.1) is 0 Å². The van der Waals surface area contributed by atoms with Gasteiger partial charge < -0.3 is 10.8 Å². The molecule has 4 nitrogen and oxygen atoms in total. The van der Waals surface area contributed by atoms with E-state index in [0.717, 1.165) is 49.5 Å². The Labute approximate surface area is 160 Å². The lowest BCUT2D eigenvalue weighted by Crippen LogP contribution is -2.49. The fourth-order valence-corrected chi connectivity index (χ4v) is 3.47. The monoisotopic (exact) mass is 369 g/mol. The van der Waals surface area contributed by atoms with Gasteiger partial charge in [-0.3, -0.25) is 4.90 Å². The first-order valence-electron chi connectivity index (χ1n) is 8.99. The number of anilines is 1. The zero-order chi connectivity index (χ0) is 18.4. The fourth-order valence-electron chi connectivity index (χ4n) is 3.34. The standard InChI is InChI=1S/C21H24ClN3O/c22-17-8-6-16(7-9-17)14-20-21(26)5-3-13-25(20)12-2-1-4-19-11-10-18(23)15-24-19/h6-11,15,20-21,26H,2-3,5,12-14,23H2. The molecule has 1 aliphatic heterocycles. The Morgan fingerprint density at radius 3 is 2.77 bits per heavy atom. The molecule has 3 rings (SSSR count). The molecular formula is C21H24ClN3O. The molecule has 1 aromatic heterocycles. The maximum Gasteiger partial charge on any atom is 0.113 e. The van der Waals surface area contributed by atoms with Crippen LogP contribution in [0, 0.1) is 11.8 Å². The van der Waals surface area contributed by atoms with E-state index in [2.05, 4.69) is 21.7 Å². The molecule has 2 heterocycles. The number of pyridine rings is 1. The van der Waals surface area contributed by atoms with E-state index in [1.165, 1.54) is 5.56 Å². The second-order valence-corrected chi connectivity index (χ2v) is 7.11. The fraction of sp³-hybridized carbons (Fsp3) is 0.381. The van der Waals surface area contributed by atoms with E-state index in [4.69, 9.17) is 17.3 Å². The predicted molar refractivity (Wildman–Crippen MR) is 106 cm³/mol. The maximum absolute atomic E-state index is 10.5. The van der Waals surface area contributed by atoms with Gasteiger partial charge in [0.05, 0.1) is 18.0 Å². The first-order chi connectivity index (χ1) is 12.6. The molecule has 2 aromatic rings.